The topological polar surface area (TPSA) is 38.5 Å². The predicted octanol–water partition coefficient (Wildman–Crippen LogP) is 2.12. The highest BCUT2D eigenvalue weighted by molar-refractivity contribution is 5.65. The molecule has 0 spiro atoms. The molecule has 0 aliphatic heterocycles. The summed E-state index contributed by atoms with van der Waals surface area (Å²) >= 11 is 0. The van der Waals surface area contributed by atoms with Gasteiger partial charge in [0.1, 0.15) is 5.75 Å². The molecule has 0 aliphatic carbocycles. The van der Waals surface area contributed by atoms with Crippen molar-refractivity contribution < 1.29 is 4.74 Å². The number of rotatable bonds is 6. The Bertz CT molecular complexity index is 386. The van der Waals surface area contributed by atoms with E-state index in [4.69, 9.17) is 10.5 Å². The molecule has 3 nitrogen and oxygen atoms in total. The molecule has 0 amide bonds. The van der Waals surface area contributed by atoms with Crippen LogP contribution in [0.5, 0.6) is 5.75 Å². The minimum atomic E-state index is 0.633. The van der Waals surface area contributed by atoms with Crippen LogP contribution in [0.25, 0.3) is 5.57 Å². The van der Waals surface area contributed by atoms with Gasteiger partial charge >= 0.3 is 0 Å². The number of ether oxygens (including phenoxy) is 1. The van der Waals surface area contributed by atoms with Crippen LogP contribution in [0, 0.1) is 0 Å². The van der Waals surface area contributed by atoms with E-state index in [0.29, 0.717) is 6.54 Å². The molecule has 17 heavy (non-hydrogen) atoms. The molecule has 0 saturated heterocycles. The highest BCUT2D eigenvalue weighted by Crippen LogP contribution is 2.25. The van der Waals surface area contributed by atoms with E-state index < -0.39 is 0 Å². The van der Waals surface area contributed by atoms with E-state index >= 15 is 0 Å². The molecule has 0 unspecified atom stereocenters. The van der Waals surface area contributed by atoms with Gasteiger partial charge in [0.2, 0.25) is 0 Å². The second-order valence-electron chi connectivity index (χ2n) is 4.41. The molecule has 94 valence electrons. The highest BCUT2D eigenvalue weighted by atomic mass is 16.5. The van der Waals surface area contributed by atoms with E-state index in [0.717, 1.165) is 29.9 Å². The third-order valence-corrected chi connectivity index (χ3v) is 2.62. The van der Waals surface area contributed by atoms with Crippen LogP contribution in [-0.4, -0.2) is 32.6 Å². The lowest BCUT2D eigenvalue weighted by Crippen LogP contribution is -2.12. The SMILES string of the molecule is C=C(CCN)c1ccc(OC)c(CN(C)C)c1. The van der Waals surface area contributed by atoms with Crippen LogP contribution in [0.4, 0.5) is 0 Å². The summed E-state index contributed by atoms with van der Waals surface area (Å²) in [5.74, 6) is 0.919. The lowest BCUT2D eigenvalue weighted by molar-refractivity contribution is 0.372. The summed E-state index contributed by atoms with van der Waals surface area (Å²) in [6.45, 7) is 5.54. The Morgan fingerprint density at radius 2 is 2.12 bits per heavy atom. The molecule has 3 heteroatoms. The summed E-state index contributed by atoms with van der Waals surface area (Å²) in [6.07, 6.45) is 0.827. The quantitative estimate of drug-likeness (QED) is 0.819. The molecule has 2 N–H and O–H groups in total. The second-order valence-corrected chi connectivity index (χ2v) is 4.41. The Balaban J connectivity index is 2.99. The van der Waals surface area contributed by atoms with E-state index in [1.165, 1.54) is 5.56 Å². The Labute approximate surface area is 104 Å². The molecule has 0 heterocycles. The van der Waals surface area contributed by atoms with Crippen molar-refractivity contribution in [2.24, 2.45) is 5.73 Å². The molecule has 1 aromatic rings. The Hall–Kier alpha value is -1.32. The van der Waals surface area contributed by atoms with Crippen LogP contribution in [0.1, 0.15) is 17.5 Å². The van der Waals surface area contributed by atoms with Gasteiger partial charge < -0.3 is 15.4 Å². The number of nitrogens with two attached hydrogens (primary N) is 1. The lowest BCUT2D eigenvalue weighted by Gasteiger charge is -2.15. The molecular weight excluding hydrogens is 212 g/mol. The van der Waals surface area contributed by atoms with Crippen molar-refractivity contribution in [3.8, 4) is 5.75 Å². The van der Waals surface area contributed by atoms with Crippen molar-refractivity contribution >= 4 is 5.57 Å². The smallest absolute Gasteiger partial charge is 0.123 e. The monoisotopic (exact) mass is 234 g/mol. The van der Waals surface area contributed by atoms with Gasteiger partial charge in [0, 0.05) is 12.1 Å². The summed E-state index contributed by atoms with van der Waals surface area (Å²) in [6, 6.07) is 6.17. The van der Waals surface area contributed by atoms with Crippen molar-refractivity contribution in [3.63, 3.8) is 0 Å². The largest absolute Gasteiger partial charge is 0.496 e. The zero-order chi connectivity index (χ0) is 12.8. The summed E-state index contributed by atoms with van der Waals surface area (Å²) in [5, 5.41) is 0. The van der Waals surface area contributed by atoms with Gasteiger partial charge in [0.25, 0.3) is 0 Å². The standard InChI is InChI=1S/C14H22N2O/c1-11(7-8-15)12-5-6-14(17-4)13(9-12)10-16(2)3/h5-6,9H,1,7-8,10,15H2,2-4H3. The summed E-state index contributed by atoms with van der Waals surface area (Å²) in [4.78, 5) is 2.12. The van der Waals surface area contributed by atoms with Gasteiger partial charge in [0.05, 0.1) is 7.11 Å². The van der Waals surface area contributed by atoms with E-state index in [1.54, 1.807) is 7.11 Å². The van der Waals surface area contributed by atoms with Crippen LogP contribution >= 0.6 is 0 Å². The fourth-order valence-corrected chi connectivity index (χ4v) is 1.78. The number of methoxy groups -OCH3 is 1. The maximum absolute atomic E-state index is 5.55. The number of benzene rings is 1. The third kappa shape index (κ3) is 3.88. The van der Waals surface area contributed by atoms with Crippen LogP contribution in [0.2, 0.25) is 0 Å². The molecule has 0 fully saturated rings. The van der Waals surface area contributed by atoms with Crippen molar-refractivity contribution in [3.05, 3.63) is 35.9 Å². The highest BCUT2D eigenvalue weighted by Gasteiger charge is 2.07. The molecule has 0 atom stereocenters. The molecule has 0 aliphatic rings. The van der Waals surface area contributed by atoms with Crippen molar-refractivity contribution in [2.45, 2.75) is 13.0 Å². The fraction of sp³-hybridized carbons (Fsp3) is 0.429. The first kappa shape index (κ1) is 13.7. The Kier molecular flexibility index (Phi) is 5.19. The molecule has 0 radical (unpaired) electrons. The Morgan fingerprint density at radius 3 is 2.65 bits per heavy atom. The number of nitrogens with zero attached hydrogens (tertiary/aromatic N) is 1. The summed E-state index contributed by atoms with van der Waals surface area (Å²) < 4.78 is 5.36. The minimum Gasteiger partial charge on any atom is -0.496 e. The average molecular weight is 234 g/mol. The Morgan fingerprint density at radius 1 is 1.41 bits per heavy atom. The van der Waals surface area contributed by atoms with Crippen molar-refractivity contribution in [1.82, 2.24) is 4.90 Å². The van der Waals surface area contributed by atoms with E-state index in [2.05, 4.69) is 17.5 Å². The molecule has 0 bridgehead atoms. The predicted molar refractivity (Wildman–Crippen MR) is 73.1 cm³/mol. The lowest BCUT2D eigenvalue weighted by atomic mass is 10.0. The fourth-order valence-electron chi connectivity index (χ4n) is 1.78. The van der Waals surface area contributed by atoms with E-state index in [9.17, 15) is 0 Å². The second kappa shape index (κ2) is 6.42. The molecule has 1 aromatic carbocycles. The van der Waals surface area contributed by atoms with Gasteiger partial charge in [-0.25, -0.2) is 0 Å². The average Bonchev–Trinajstić information content (AvgIpc) is 2.28. The van der Waals surface area contributed by atoms with Crippen LogP contribution in [-0.2, 0) is 6.54 Å². The van der Waals surface area contributed by atoms with Crippen LogP contribution < -0.4 is 10.5 Å². The van der Waals surface area contributed by atoms with Gasteiger partial charge in [-0.15, -0.1) is 0 Å². The zero-order valence-corrected chi connectivity index (χ0v) is 11.0. The molecule has 0 saturated carbocycles. The first-order chi connectivity index (χ1) is 8.08. The maximum Gasteiger partial charge on any atom is 0.123 e. The number of hydrogen-bond acceptors (Lipinski definition) is 3. The molecule has 1 rings (SSSR count). The zero-order valence-electron chi connectivity index (χ0n) is 11.0. The van der Waals surface area contributed by atoms with Gasteiger partial charge in [-0.3, -0.25) is 0 Å². The van der Waals surface area contributed by atoms with E-state index in [1.807, 2.05) is 26.2 Å². The summed E-state index contributed by atoms with van der Waals surface area (Å²) in [7, 11) is 5.78. The van der Waals surface area contributed by atoms with Crippen molar-refractivity contribution in [1.29, 1.82) is 0 Å². The molecular formula is C14H22N2O. The first-order valence-electron chi connectivity index (χ1n) is 5.78. The van der Waals surface area contributed by atoms with Gasteiger partial charge in [-0.1, -0.05) is 12.6 Å². The van der Waals surface area contributed by atoms with Gasteiger partial charge in [-0.05, 0) is 50.3 Å². The van der Waals surface area contributed by atoms with Gasteiger partial charge in [-0.2, -0.15) is 0 Å². The normalized spacial score (nSPS) is 10.6. The van der Waals surface area contributed by atoms with Gasteiger partial charge in [0.15, 0.2) is 0 Å². The van der Waals surface area contributed by atoms with Crippen molar-refractivity contribution in [2.75, 3.05) is 27.7 Å². The van der Waals surface area contributed by atoms with Crippen LogP contribution in [0.3, 0.4) is 0 Å². The number of hydrogen-bond donors (Lipinski definition) is 1. The molecule has 0 aromatic heterocycles. The summed E-state index contributed by atoms with van der Waals surface area (Å²) in [5.41, 5.74) is 8.95. The van der Waals surface area contributed by atoms with E-state index in [-0.39, 0.29) is 0 Å². The van der Waals surface area contributed by atoms with Crippen LogP contribution in [0.15, 0.2) is 24.8 Å². The minimum absolute atomic E-state index is 0.633. The third-order valence-electron chi connectivity index (χ3n) is 2.62. The first-order valence-corrected chi connectivity index (χ1v) is 5.78. The maximum atomic E-state index is 5.55.